The van der Waals surface area contributed by atoms with E-state index < -0.39 is 4.92 Å². The maximum atomic E-state index is 10.4. The third kappa shape index (κ3) is 2.42. The van der Waals surface area contributed by atoms with Crippen molar-refractivity contribution < 1.29 is 4.92 Å². The highest BCUT2D eigenvalue weighted by molar-refractivity contribution is 6.31. The summed E-state index contributed by atoms with van der Waals surface area (Å²) >= 11 is 5.86. The molecular weight excluding hydrogens is 190 g/mol. The summed E-state index contributed by atoms with van der Waals surface area (Å²) in [5, 5.41) is 11.0. The molecule has 0 N–H and O–H groups in total. The fourth-order valence-corrected chi connectivity index (χ4v) is 1.35. The van der Waals surface area contributed by atoms with Gasteiger partial charge in [0.15, 0.2) is 0 Å². The summed E-state index contributed by atoms with van der Waals surface area (Å²) in [6, 6.07) is 4.53. The van der Waals surface area contributed by atoms with Gasteiger partial charge in [-0.15, -0.1) is 0 Å². The Morgan fingerprint density at radius 2 is 2.23 bits per heavy atom. The zero-order valence-corrected chi connectivity index (χ0v) is 8.04. The summed E-state index contributed by atoms with van der Waals surface area (Å²) in [7, 11) is 0. The van der Waals surface area contributed by atoms with E-state index in [2.05, 4.69) is 0 Å². The van der Waals surface area contributed by atoms with Crippen LogP contribution in [-0.4, -0.2) is 4.92 Å². The van der Waals surface area contributed by atoms with Gasteiger partial charge in [-0.1, -0.05) is 24.9 Å². The topological polar surface area (TPSA) is 43.1 Å². The van der Waals surface area contributed by atoms with Gasteiger partial charge >= 0.3 is 0 Å². The van der Waals surface area contributed by atoms with Crippen LogP contribution in [0.3, 0.4) is 0 Å². The number of hydrogen-bond acceptors (Lipinski definition) is 2. The number of halogens is 1. The molecule has 4 heteroatoms. The Morgan fingerprint density at radius 1 is 1.54 bits per heavy atom. The van der Waals surface area contributed by atoms with E-state index in [9.17, 15) is 10.1 Å². The second-order valence-corrected chi connectivity index (χ2v) is 3.19. The highest BCUT2D eigenvalue weighted by Crippen LogP contribution is 2.22. The van der Waals surface area contributed by atoms with Crippen LogP contribution in [-0.2, 0) is 6.42 Å². The molecule has 0 fully saturated rings. The van der Waals surface area contributed by atoms with Crippen LogP contribution in [0.2, 0.25) is 5.02 Å². The van der Waals surface area contributed by atoms with Crippen molar-refractivity contribution in [2.24, 2.45) is 0 Å². The Kier molecular flexibility index (Phi) is 3.25. The van der Waals surface area contributed by atoms with Gasteiger partial charge in [0.25, 0.3) is 5.69 Å². The van der Waals surface area contributed by atoms with E-state index in [0.717, 1.165) is 18.4 Å². The molecule has 0 heterocycles. The van der Waals surface area contributed by atoms with Crippen LogP contribution in [0.25, 0.3) is 0 Å². The molecule has 0 bridgehead atoms. The van der Waals surface area contributed by atoms with Crippen molar-refractivity contribution in [3.05, 3.63) is 38.9 Å². The average Bonchev–Trinajstić information content (AvgIpc) is 2.08. The molecule has 0 unspecified atom stereocenters. The summed E-state index contributed by atoms with van der Waals surface area (Å²) in [5.74, 6) is 0. The molecule has 0 aliphatic rings. The van der Waals surface area contributed by atoms with Gasteiger partial charge in [0, 0.05) is 17.2 Å². The molecule has 1 aromatic carbocycles. The zero-order valence-electron chi connectivity index (χ0n) is 7.29. The SMILES string of the molecule is CCCc1cc([N+](=O)[O-])ccc1Cl. The minimum absolute atomic E-state index is 0.104. The molecule has 0 radical (unpaired) electrons. The fraction of sp³-hybridized carbons (Fsp3) is 0.333. The lowest BCUT2D eigenvalue weighted by Gasteiger charge is -2.01. The second kappa shape index (κ2) is 4.23. The first kappa shape index (κ1) is 9.99. The first-order valence-corrected chi connectivity index (χ1v) is 4.45. The van der Waals surface area contributed by atoms with E-state index >= 15 is 0 Å². The van der Waals surface area contributed by atoms with E-state index in [1.54, 1.807) is 6.07 Å². The van der Waals surface area contributed by atoms with Crippen molar-refractivity contribution in [1.29, 1.82) is 0 Å². The smallest absolute Gasteiger partial charge is 0.258 e. The largest absolute Gasteiger partial charge is 0.269 e. The van der Waals surface area contributed by atoms with Crippen LogP contribution < -0.4 is 0 Å². The quantitative estimate of drug-likeness (QED) is 0.554. The van der Waals surface area contributed by atoms with Crippen molar-refractivity contribution in [2.45, 2.75) is 19.8 Å². The highest BCUT2D eigenvalue weighted by atomic mass is 35.5. The first-order valence-electron chi connectivity index (χ1n) is 4.08. The van der Waals surface area contributed by atoms with Gasteiger partial charge < -0.3 is 0 Å². The number of nitrogens with zero attached hydrogens (tertiary/aromatic N) is 1. The van der Waals surface area contributed by atoms with Crippen LogP contribution in [0, 0.1) is 10.1 Å². The molecule has 0 aliphatic heterocycles. The van der Waals surface area contributed by atoms with Crippen molar-refractivity contribution >= 4 is 17.3 Å². The number of nitro benzene ring substituents is 1. The van der Waals surface area contributed by atoms with Crippen molar-refractivity contribution in [3.63, 3.8) is 0 Å². The normalized spacial score (nSPS) is 10.0. The zero-order chi connectivity index (χ0) is 9.84. The molecule has 0 atom stereocenters. The van der Waals surface area contributed by atoms with Gasteiger partial charge in [-0.25, -0.2) is 0 Å². The molecule has 0 amide bonds. The van der Waals surface area contributed by atoms with Crippen LogP contribution in [0.15, 0.2) is 18.2 Å². The monoisotopic (exact) mass is 199 g/mol. The second-order valence-electron chi connectivity index (χ2n) is 2.78. The molecule has 1 rings (SSSR count). The Morgan fingerprint density at radius 3 is 2.77 bits per heavy atom. The molecule has 0 saturated heterocycles. The average molecular weight is 200 g/mol. The van der Waals surface area contributed by atoms with Gasteiger partial charge in [-0.2, -0.15) is 0 Å². The van der Waals surface area contributed by atoms with Gasteiger partial charge in [0.05, 0.1) is 4.92 Å². The summed E-state index contributed by atoms with van der Waals surface area (Å²) in [4.78, 5) is 10.0. The minimum atomic E-state index is -0.407. The lowest BCUT2D eigenvalue weighted by Crippen LogP contribution is -1.91. The minimum Gasteiger partial charge on any atom is -0.258 e. The summed E-state index contributed by atoms with van der Waals surface area (Å²) in [5.41, 5.74) is 0.950. The third-order valence-electron chi connectivity index (χ3n) is 1.76. The Labute approximate surface area is 81.5 Å². The number of benzene rings is 1. The van der Waals surface area contributed by atoms with Crippen LogP contribution >= 0.6 is 11.6 Å². The summed E-state index contributed by atoms with van der Waals surface area (Å²) < 4.78 is 0. The van der Waals surface area contributed by atoms with E-state index in [4.69, 9.17) is 11.6 Å². The molecule has 0 spiro atoms. The lowest BCUT2D eigenvalue weighted by atomic mass is 10.1. The highest BCUT2D eigenvalue weighted by Gasteiger charge is 2.08. The molecule has 0 aliphatic carbocycles. The number of hydrogen-bond donors (Lipinski definition) is 0. The fourth-order valence-electron chi connectivity index (χ4n) is 1.14. The predicted octanol–water partition coefficient (Wildman–Crippen LogP) is 3.20. The lowest BCUT2D eigenvalue weighted by molar-refractivity contribution is -0.384. The third-order valence-corrected chi connectivity index (χ3v) is 2.13. The molecule has 1 aromatic rings. The molecule has 0 aromatic heterocycles. The predicted molar refractivity (Wildman–Crippen MR) is 52.1 cm³/mol. The van der Waals surface area contributed by atoms with E-state index in [1.807, 2.05) is 6.92 Å². The molecule has 0 saturated carbocycles. The van der Waals surface area contributed by atoms with E-state index in [-0.39, 0.29) is 5.69 Å². The van der Waals surface area contributed by atoms with Gasteiger partial charge in [-0.05, 0) is 18.1 Å². The molecular formula is C9H10ClNO2. The molecule has 70 valence electrons. The maximum absolute atomic E-state index is 10.4. The standard InChI is InChI=1S/C9H10ClNO2/c1-2-3-7-6-8(11(12)13)4-5-9(7)10/h4-6H,2-3H2,1H3. The summed E-state index contributed by atoms with van der Waals surface area (Å²) in [6.07, 6.45) is 1.71. The van der Waals surface area contributed by atoms with Gasteiger partial charge in [0.2, 0.25) is 0 Å². The Balaban J connectivity index is 3.03. The number of nitro groups is 1. The van der Waals surface area contributed by atoms with Crippen molar-refractivity contribution in [1.82, 2.24) is 0 Å². The van der Waals surface area contributed by atoms with Gasteiger partial charge in [0.1, 0.15) is 0 Å². The Bertz CT molecular complexity index is 325. The maximum Gasteiger partial charge on any atom is 0.269 e. The van der Waals surface area contributed by atoms with Crippen LogP contribution in [0.5, 0.6) is 0 Å². The van der Waals surface area contributed by atoms with Crippen LogP contribution in [0.1, 0.15) is 18.9 Å². The number of rotatable bonds is 3. The van der Waals surface area contributed by atoms with Crippen molar-refractivity contribution in [2.75, 3.05) is 0 Å². The summed E-state index contributed by atoms with van der Waals surface area (Å²) in [6.45, 7) is 2.01. The van der Waals surface area contributed by atoms with Crippen LogP contribution in [0.4, 0.5) is 5.69 Å². The van der Waals surface area contributed by atoms with Crippen molar-refractivity contribution in [3.8, 4) is 0 Å². The van der Waals surface area contributed by atoms with Gasteiger partial charge in [-0.3, -0.25) is 10.1 Å². The molecule has 3 nitrogen and oxygen atoms in total. The number of non-ortho nitro benzene ring substituents is 1. The first-order chi connectivity index (χ1) is 6.15. The van der Waals surface area contributed by atoms with E-state index in [1.165, 1.54) is 12.1 Å². The van der Waals surface area contributed by atoms with E-state index in [0.29, 0.717) is 5.02 Å². The number of aryl methyl sites for hydroxylation is 1. The Hall–Kier alpha value is -1.09. The molecule has 13 heavy (non-hydrogen) atoms.